The standard InChI is InChI=1S/C12H19N5O2/c1-2-16(9-6-4-3-5-7-9)11-10(17(18)19)8-14-12(13)15-11/h8-9H,2-7H2,1H3,(H2,13,14,15). The Morgan fingerprint density at radius 2 is 2.16 bits per heavy atom. The molecule has 0 aromatic carbocycles. The monoisotopic (exact) mass is 265 g/mol. The minimum Gasteiger partial charge on any atom is -0.368 e. The van der Waals surface area contributed by atoms with Gasteiger partial charge in [-0.2, -0.15) is 4.98 Å². The lowest BCUT2D eigenvalue weighted by Crippen LogP contribution is -2.37. The molecule has 0 unspecified atom stereocenters. The maximum absolute atomic E-state index is 11.1. The van der Waals surface area contributed by atoms with Gasteiger partial charge in [-0.1, -0.05) is 19.3 Å². The van der Waals surface area contributed by atoms with Crippen LogP contribution in [-0.2, 0) is 0 Å². The van der Waals surface area contributed by atoms with Gasteiger partial charge in [-0.25, -0.2) is 4.98 Å². The van der Waals surface area contributed by atoms with Crippen LogP contribution in [0.1, 0.15) is 39.0 Å². The predicted octanol–water partition coefficient (Wildman–Crippen LogP) is 2.13. The lowest BCUT2D eigenvalue weighted by atomic mass is 9.94. The minimum absolute atomic E-state index is 0.0679. The van der Waals surface area contributed by atoms with Crippen LogP contribution in [0, 0.1) is 10.1 Å². The highest BCUT2D eigenvalue weighted by atomic mass is 16.6. The van der Waals surface area contributed by atoms with E-state index in [1.54, 1.807) is 0 Å². The first-order valence-electron chi connectivity index (χ1n) is 6.67. The van der Waals surface area contributed by atoms with Gasteiger partial charge in [0.1, 0.15) is 6.20 Å². The molecule has 1 heterocycles. The lowest BCUT2D eigenvalue weighted by molar-refractivity contribution is -0.384. The van der Waals surface area contributed by atoms with Crippen LogP contribution in [0.15, 0.2) is 6.20 Å². The fourth-order valence-corrected chi connectivity index (χ4v) is 2.69. The van der Waals surface area contributed by atoms with Gasteiger partial charge in [0.15, 0.2) is 0 Å². The van der Waals surface area contributed by atoms with Crippen LogP contribution in [0.4, 0.5) is 17.5 Å². The van der Waals surface area contributed by atoms with E-state index in [0.29, 0.717) is 18.4 Å². The van der Waals surface area contributed by atoms with Gasteiger partial charge in [-0.3, -0.25) is 10.1 Å². The van der Waals surface area contributed by atoms with E-state index < -0.39 is 4.92 Å². The third kappa shape index (κ3) is 2.91. The smallest absolute Gasteiger partial charge is 0.329 e. The second-order valence-corrected chi connectivity index (χ2v) is 4.77. The van der Waals surface area contributed by atoms with Gasteiger partial charge in [0.25, 0.3) is 0 Å². The fourth-order valence-electron chi connectivity index (χ4n) is 2.69. The molecule has 0 saturated heterocycles. The van der Waals surface area contributed by atoms with Gasteiger partial charge >= 0.3 is 5.69 Å². The quantitative estimate of drug-likeness (QED) is 0.661. The van der Waals surface area contributed by atoms with Gasteiger partial charge in [0.05, 0.1) is 4.92 Å². The van der Waals surface area contributed by atoms with Crippen LogP contribution in [0.5, 0.6) is 0 Å². The molecule has 0 amide bonds. The normalized spacial score (nSPS) is 16.3. The van der Waals surface area contributed by atoms with E-state index in [-0.39, 0.29) is 11.6 Å². The summed E-state index contributed by atoms with van der Waals surface area (Å²) in [6.45, 7) is 2.67. The number of hydrogen-bond acceptors (Lipinski definition) is 6. The molecule has 0 atom stereocenters. The van der Waals surface area contributed by atoms with Gasteiger partial charge in [-0.05, 0) is 19.8 Å². The van der Waals surface area contributed by atoms with Crippen LogP contribution < -0.4 is 10.6 Å². The molecule has 0 spiro atoms. The molecule has 1 aliphatic carbocycles. The Hall–Kier alpha value is -1.92. The second kappa shape index (κ2) is 5.81. The van der Waals surface area contributed by atoms with Crippen molar-refractivity contribution in [2.45, 2.75) is 45.1 Å². The van der Waals surface area contributed by atoms with E-state index in [0.717, 1.165) is 25.7 Å². The molecule has 104 valence electrons. The largest absolute Gasteiger partial charge is 0.368 e. The van der Waals surface area contributed by atoms with Crippen LogP contribution in [0.3, 0.4) is 0 Å². The number of aromatic nitrogens is 2. The van der Waals surface area contributed by atoms with Crippen molar-refractivity contribution < 1.29 is 4.92 Å². The summed E-state index contributed by atoms with van der Waals surface area (Å²) in [5.41, 5.74) is 5.51. The number of anilines is 2. The average Bonchev–Trinajstić information content (AvgIpc) is 2.40. The first-order valence-corrected chi connectivity index (χ1v) is 6.67. The van der Waals surface area contributed by atoms with Crippen LogP contribution in [-0.4, -0.2) is 27.5 Å². The maximum Gasteiger partial charge on any atom is 0.329 e. The van der Waals surface area contributed by atoms with Crippen molar-refractivity contribution in [3.63, 3.8) is 0 Å². The van der Waals surface area contributed by atoms with Gasteiger partial charge in [0.2, 0.25) is 11.8 Å². The first-order chi connectivity index (χ1) is 9.13. The number of nitrogens with zero attached hydrogens (tertiary/aromatic N) is 4. The van der Waals surface area contributed by atoms with Crippen molar-refractivity contribution >= 4 is 17.5 Å². The zero-order valence-electron chi connectivity index (χ0n) is 11.1. The summed E-state index contributed by atoms with van der Waals surface area (Å²) in [6, 6.07) is 0.312. The number of rotatable bonds is 4. The molecule has 2 N–H and O–H groups in total. The van der Waals surface area contributed by atoms with Gasteiger partial charge < -0.3 is 10.6 Å². The summed E-state index contributed by atoms with van der Waals surface area (Å²) in [4.78, 5) is 20.5. The highest BCUT2D eigenvalue weighted by Gasteiger charge is 2.28. The number of nitro groups is 1. The fraction of sp³-hybridized carbons (Fsp3) is 0.667. The molecule has 0 radical (unpaired) electrons. The Labute approximate surface area is 112 Å². The SMILES string of the molecule is CCN(c1nc(N)ncc1[N+](=O)[O-])C1CCCCC1. The van der Waals surface area contributed by atoms with Crippen LogP contribution in [0.2, 0.25) is 0 Å². The van der Waals surface area contributed by atoms with Crippen molar-refractivity contribution in [3.8, 4) is 0 Å². The maximum atomic E-state index is 11.1. The molecule has 2 rings (SSSR count). The van der Waals surface area contributed by atoms with Crippen molar-refractivity contribution in [1.82, 2.24) is 9.97 Å². The van der Waals surface area contributed by atoms with Crippen molar-refractivity contribution in [2.75, 3.05) is 17.2 Å². The molecule has 1 aromatic heterocycles. The lowest BCUT2D eigenvalue weighted by Gasteiger charge is -2.34. The van der Waals surface area contributed by atoms with Crippen molar-refractivity contribution in [1.29, 1.82) is 0 Å². The van der Waals surface area contributed by atoms with E-state index in [1.807, 2.05) is 11.8 Å². The van der Waals surface area contributed by atoms with Gasteiger partial charge in [-0.15, -0.1) is 0 Å². The molecule has 7 nitrogen and oxygen atoms in total. The molecule has 19 heavy (non-hydrogen) atoms. The summed E-state index contributed by atoms with van der Waals surface area (Å²) in [5, 5.41) is 11.1. The van der Waals surface area contributed by atoms with Gasteiger partial charge in [0, 0.05) is 12.6 Å². The Balaban J connectivity index is 2.35. The summed E-state index contributed by atoms with van der Waals surface area (Å²) < 4.78 is 0. The topological polar surface area (TPSA) is 98.2 Å². The summed E-state index contributed by atoms with van der Waals surface area (Å²) in [7, 11) is 0. The minimum atomic E-state index is -0.444. The third-order valence-electron chi connectivity index (χ3n) is 3.59. The predicted molar refractivity (Wildman–Crippen MR) is 73.0 cm³/mol. The number of hydrogen-bond donors (Lipinski definition) is 1. The number of nitrogens with two attached hydrogens (primary N) is 1. The average molecular weight is 265 g/mol. The molecular formula is C12H19N5O2. The van der Waals surface area contributed by atoms with E-state index in [1.165, 1.54) is 12.6 Å². The molecule has 0 bridgehead atoms. The Morgan fingerprint density at radius 1 is 1.47 bits per heavy atom. The number of nitrogen functional groups attached to an aromatic ring is 1. The summed E-state index contributed by atoms with van der Waals surface area (Å²) in [6.07, 6.45) is 6.86. The Kier molecular flexibility index (Phi) is 4.13. The zero-order valence-corrected chi connectivity index (χ0v) is 11.1. The molecule has 1 aliphatic rings. The van der Waals surface area contributed by atoms with Crippen molar-refractivity contribution in [2.24, 2.45) is 0 Å². The Morgan fingerprint density at radius 3 is 2.74 bits per heavy atom. The molecule has 1 fully saturated rings. The van der Waals surface area contributed by atoms with Crippen LogP contribution >= 0.6 is 0 Å². The highest BCUT2D eigenvalue weighted by Crippen LogP contribution is 2.31. The summed E-state index contributed by atoms with van der Waals surface area (Å²) >= 11 is 0. The van der Waals surface area contributed by atoms with Crippen LogP contribution in [0.25, 0.3) is 0 Å². The summed E-state index contributed by atoms with van der Waals surface area (Å²) in [5.74, 6) is 0.432. The third-order valence-corrected chi connectivity index (χ3v) is 3.59. The molecule has 0 aliphatic heterocycles. The first kappa shape index (κ1) is 13.5. The zero-order chi connectivity index (χ0) is 13.8. The molecule has 7 heteroatoms. The molecule has 1 saturated carbocycles. The highest BCUT2D eigenvalue weighted by molar-refractivity contribution is 5.59. The molecule has 1 aromatic rings. The van der Waals surface area contributed by atoms with E-state index in [4.69, 9.17) is 5.73 Å². The van der Waals surface area contributed by atoms with E-state index in [2.05, 4.69) is 9.97 Å². The van der Waals surface area contributed by atoms with E-state index in [9.17, 15) is 10.1 Å². The van der Waals surface area contributed by atoms with Crippen molar-refractivity contribution in [3.05, 3.63) is 16.3 Å². The molecular weight excluding hydrogens is 246 g/mol. The van der Waals surface area contributed by atoms with E-state index >= 15 is 0 Å². The second-order valence-electron chi connectivity index (χ2n) is 4.77. The Bertz CT molecular complexity index is 459.